The zero-order valence-electron chi connectivity index (χ0n) is 11.4. The Morgan fingerprint density at radius 3 is 2.84 bits per heavy atom. The second-order valence-corrected chi connectivity index (χ2v) is 5.60. The Morgan fingerprint density at radius 1 is 1.32 bits per heavy atom. The maximum absolute atomic E-state index is 12.1. The van der Waals surface area contributed by atoms with E-state index in [1.807, 2.05) is 13.0 Å². The van der Waals surface area contributed by atoms with Gasteiger partial charge in [-0.1, -0.05) is 30.3 Å². The van der Waals surface area contributed by atoms with Gasteiger partial charge in [-0.15, -0.1) is 0 Å². The molecule has 0 radical (unpaired) electrons. The molecule has 19 heavy (non-hydrogen) atoms. The zero-order chi connectivity index (χ0) is 13.2. The fourth-order valence-corrected chi connectivity index (χ4v) is 3.70. The molecule has 2 bridgehead atoms. The van der Waals surface area contributed by atoms with Crippen LogP contribution < -0.4 is 0 Å². The summed E-state index contributed by atoms with van der Waals surface area (Å²) in [7, 11) is 0. The molecule has 1 saturated carbocycles. The lowest BCUT2D eigenvalue weighted by Crippen LogP contribution is -2.34. The molecule has 3 atom stereocenters. The number of hydrogen-bond donors (Lipinski definition) is 0. The summed E-state index contributed by atoms with van der Waals surface area (Å²) in [6, 6.07) is 10.9. The van der Waals surface area contributed by atoms with Crippen molar-refractivity contribution in [2.45, 2.75) is 32.4 Å². The third-order valence-electron chi connectivity index (χ3n) is 4.48. The van der Waals surface area contributed by atoms with Crippen LogP contribution in [0.2, 0.25) is 0 Å². The van der Waals surface area contributed by atoms with Gasteiger partial charge in [-0.25, -0.2) is 0 Å². The van der Waals surface area contributed by atoms with Crippen molar-refractivity contribution in [3.05, 3.63) is 35.9 Å². The van der Waals surface area contributed by atoms with E-state index in [4.69, 9.17) is 4.74 Å². The normalized spacial score (nSPS) is 29.6. The van der Waals surface area contributed by atoms with Gasteiger partial charge in [0.25, 0.3) is 0 Å². The van der Waals surface area contributed by atoms with E-state index in [0.717, 1.165) is 19.5 Å². The maximum Gasteiger partial charge on any atom is 0.310 e. The third kappa shape index (κ3) is 2.39. The van der Waals surface area contributed by atoms with E-state index in [-0.39, 0.29) is 11.9 Å². The van der Waals surface area contributed by atoms with Gasteiger partial charge in [0, 0.05) is 19.1 Å². The van der Waals surface area contributed by atoms with Crippen molar-refractivity contribution >= 4 is 5.97 Å². The molecule has 3 heteroatoms. The van der Waals surface area contributed by atoms with Crippen LogP contribution in [-0.2, 0) is 16.1 Å². The number of esters is 1. The minimum absolute atomic E-state index is 0.0190. The molecule has 3 rings (SSSR count). The Kier molecular flexibility index (Phi) is 3.56. The predicted octanol–water partition coefficient (Wildman–Crippen LogP) is 2.46. The molecule has 3 nitrogen and oxygen atoms in total. The van der Waals surface area contributed by atoms with Gasteiger partial charge in [-0.05, 0) is 31.2 Å². The van der Waals surface area contributed by atoms with Crippen molar-refractivity contribution in [2.75, 3.05) is 13.2 Å². The van der Waals surface area contributed by atoms with Gasteiger partial charge in [-0.2, -0.15) is 0 Å². The van der Waals surface area contributed by atoms with E-state index < -0.39 is 0 Å². The molecular formula is C16H21NO2. The second-order valence-electron chi connectivity index (χ2n) is 5.60. The van der Waals surface area contributed by atoms with Gasteiger partial charge < -0.3 is 4.74 Å². The molecule has 0 unspecified atom stereocenters. The van der Waals surface area contributed by atoms with Crippen molar-refractivity contribution in [3.63, 3.8) is 0 Å². The summed E-state index contributed by atoms with van der Waals surface area (Å²) < 4.78 is 5.24. The van der Waals surface area contributed by atoms with E-state index in [0.29, 0.717) is 18.6 Å². The average Bonchev–Trinajstić information content (AvgIpc) is 2.97. The van der Waals surface area contributed by atoms with Crippen molar-refractivity contribution < 1.29 is 9.53 Å². The van der Waals surface area contributed by atoms with E-state index >= 15 is 0 Å². The molecule has 2 aliphatic rings. The summed E-state index contributed by atoms with van der Waals surface area (Å²) in [5, 5.41) is 0. The number of likely N-dealkylation sites (tertiary alicyclic amines) is 1. The molecule has 1 heterocycles. The van der Waals surface area contributed by atoms with Crippen LogP contribution in [0.25, 0.3) is 0 Å². The number of rotatable bonds is 4. The second kappa shape index (κ2) is 5.33. The lowest BCUT2D eigenvalue weighted by atomic mass is 9.99. The van der Waals surface area contributed by atoms with Gasteiger partial charge in [0.2, 0.25) is 0 Å². The SMILES string of the molecule is CCOC(=O)[C@@H]1[C@H]2CC[C@H]1N(Cc1ccccc1)C2. The minimum atomic E-state index is 0.0190. The topological polar surface area (TPSA) is 29.5 Å². The summed E-state index contributed by atoms with van der Waals surface area (Å²) in [6.45, 7) is 4.38. The Labute approximate surface area is 114 Å². The number of benzene rings is 1. The number of carbonyl (C=O) groups excluding carboxylic acids is 1. The summed E-state index contributed by atoms with van der Waals surface area (Å²) in [5.41, 5.74) is 1.33. The highest BCUT2D eigenvalue weighted by molar-refractivity contribution is 5.74. The van der Waals surface area contributed by atoms with E-state index in [1.54, 1.807) is 0 Å². The van der Waals surface area contributed by atoms with Gasteiger partial charge >= 0.3 is 5.97 Å². The molecule has 1 aromatic carbocycles. The molecule has 0 aromatic heterocycles. The Bertz CT molecular complexity index is 445. The number of nitrogens with zero attached hydrogens (tertiary/aromatic N) is 1. The average molecular weight is 259 g/mol. The highest BCUT2D eigenvalue weighted by atomic mass is 16.5. The van der Waals surface area contributed by atoms with Crippen LogP contribution >= 0.6 is 0 Å². The summed E-state index contributed by atoms with van der Waals surface area (Å²) in [4.78, 5) is 14.5. The van der Waals surface area contributed by atoms with Gasteiger partial charge in [-0.3, -0.25) is 9.69 Å². The smallest absolute Gasteiger partial charge is 0.310 e. The molecule has 0 N–H and O–H groups in total. The van der Waals surface area contributed by atoms with Crippen LogP contribution in [0.5, 0.6) is 0 Å². The number of ether oxygens (including phenoxy) is 1. The first-order chi connectivity index (χ1) is 9.29. The predicted molar refractivity (Wildman–Crippen MR) is 73.5 cm³/mol. The van der Waals surface area contributed by atoms with Crippen molar-refractivity contribution in [2.24, 2.45) is 11.8 Å². The fraction of sp³-hybridized carbons (Fsp3) is 0.562. The van der Waals surface area contributed by atoms with Crippen LogP contribution in [0.15, 0.2) is 30.3 Å². The van der Waals surface area contributed by atoms with E-state index in [2.05, 4.69) is 29.2 Å². The molecular weight excluding hydrogens is 238 g/mol. The molecule has 102 valence electrons. The highest BCUT2D eigenvalue weighted by Gasteiger charge is 2.50. The van der Waals surface area contributed by atoms with Crippen molar-refractivity contribution in [3.8, 4) is 0 Å². The molecule has 1 aliphatic carbocycles. The molecule has 2 fully saturated rings. The van der Waals surface area contributed by atoms with E-state index in [9.17, 15) is 4.79 Å². The highest BCUT2D eigenvalue weighted by Crippen LogP contribution is 2.43. The van der Waals surface area contributed by atoms with Gasteiger partial charge in [0.15, 0.2) is 0 Å². The fourth-order valence-electron chi connectivity index (χ4n) is 3.70. The lowest BCUT2D eigenvalue weighted by molar-refractivity contribution is -0.149. The summed E-state index contributed by atoms with van der Waals surface area (Å²) in [6.07, 6.45) is 2.32. The quantitative estimate of drug-likeness (QED) is 0.778. The van der Waals surface area contributed by atoms with Crippen molar-refractivity contribution in [1.82, 2.24) is 4.90 Å². The Morgan fingerprint density at radius 2 is 2.11 bits per heavy atom. The zero-order valence-corrected chi connectivity index (χ0v) is 11.4. The van der Waals surface area contributed by atoms with Crippen molar-refractivity contribution in [1.29, 1.82) is 0 Å². The number of piperidine rings is 1. The van der Waals surface area contributed by atoms with Crippen LogP contribution in [0, 0.1) is 11.8 Å². The monoisotopic (exact) mass is 259 g/mol. The maximum atomic E-state index is 12.1. The first-order valence-corrected chi connectivity index (χ1v) is 7.24. The molecule has 1 aliphatic heterocycles. The number of carbonyl (C=O) groups is 1. The largest absolute Gasteiger partial charge is 0.466 e. The van der Waals surface area contributed by atoms with E-state index in [1.165, 1.54) is 12.0 Å². The Hall–Kier alpha value is -1.35. The number of hydrogen-bond acceptors (Lipinski definition) is 3. The van der Waals surface area contributed by atoms with Crippen LogP contribution in [0.3, 0.4) is 0 Å². The summed E-state index contributed by atoms with van der Waals surface area (Å²) in [5.74, 6) is 0.641. The molecule has 1 saturated heterocycles. The lowest BCUT2D eigenvalue weighted by Gasteiger charge is -2.27. The first kappa shape index (κ1) is 12.7. The third-order valence-corrected chi connectivity index (χ3v) is 4.48. The molecule has 1 aromatic rings. The molecule has 0 amide bonds. The minimum Gasteiger partial charge on any atom is -0.466 e. The van der Waals surface area contributed by atoms with Gasteiger partial charge in [0.1, 0.15) is 0 Å². The molecule has 0 spiro atoms. The van der Waals surface area contributed by atoms with Gasteiger partial charge in [0.05, 0.1) is 12.5 Å². The van der Waals surface area contributed by atoms with Crippen LogP contribution in [-0.4, -0.2) is 30.1 Å². The standard InChI is InChI=1S/C16H21NO2/c1-2-19-16(18)15-13-8-9-14(15)17(11-13)10-12-6-4-3-5-7-12/h3-7,13-15H,2,8-11H2,1H3/t13-,14+,15+/m0/s1. The first-order valence-electron chi connectivity index (χ1n) is 7.24. The number of fused-ring (bicyclic) bond motifs is 2. The Balaban J connectivity index is 1.69. The summed E-state index contributed by atoms with van der Waals surface area (Å²) >= 11 is 0. The van der Waals surface area contributed by atoms with Crippen LogP contribution in [0.1, 0.15) is 25.3 Å². The van der Waals surface area contributed by atoms with Crippen LogP contribution in [0.4, 0.5) is 0 Å².